The highest BCUT2D eigenvalue weighted by Crippen LogP contribution is 2.48. The van der Waals surface area contributed by atoms with E-state index in [4.69, 9.17) is 4.74 Å². The minimum atomic E-state index is -0.759. The molecule has 0 saturated carbocycles. The summed E-state index contributed by atoms with van der Waals surface area (Å²) in [5.74, 6) is -0.0281. The minimum absolute atomic E-state index is 0.0281. The van der Waals surface area contributed by atoms with Crippen molar-refractivity contribution in [2.75, 3.05) is 4.90 Å². The molecule has 1 heterocycles. The van der Waals surface area contributed by atoms with E-state index in [2.05, 4.69) is 30.3 Å². The predicted octanol–water partition coefficient (Wildman–Crippen LogP) is 4.71. The zero-order chi connectivity index (χ0) is 18.1. The molecule has 1 aliphatic heterocycles. The van der Waals surface area contributed by atoms with Crippen LogP contribution < -0.4 is 4.90 Å². The third-order valence-electron chi connectivity index (χ3n) is 4.95. The van der Waals surface area contributed by atoms with Crippen molar-refractivity contribution < 1.29 is 9.53 Å². The molecular formula is C23H21NO2. The Morgan fingerprint density at radius 3 is 1.88 bits per heavy atom. The molecule has 1 unspecified atom stereocenters. The number of benzene rings is 3. The lowest BCUT2D eigenvalue weighted by Crippen LogP contribution is -2.51. The minimum Gasteiger partial charge on any atom is -0.338 e. The molecular weight excluding hydrogens is 322 g/mol. The molecule has 1 aliphatic rings. The largest absolute Gasteiger partial charge is 0.338 e. The van der Waals surface area contributed by atoms with Gasteiger partial charge in [0.15, 0.2) is 0 Å². The Hall–Kier alpha value is -2.91. The standard InChI is InChI=1S/C23H21NO2/c1-17(25)24-18(2)26-23(19-11-5-3-6-12-19,20-13-7-4-8-14-20)21-15-9-10-16-22(21)24/h3-16,18H,1-2H3. The van der Waals surface area contributed by atoms with Crippen LogP contribution in [0.5, 0.6) is 0 Å². The van der Waals surface area contributed by atoms with Crippen molar-refractivity contribution in [1.29, 1.82) is 0 Å². The molecule has 1 amide bonds. The first-order valence-electron chi connectivity index (χ1n) is 8.83. The van der Waals surface area contributed by atoms with Gasteiger partial charge in [-0.05, 0) is 24.1 Å². The fraction of sp³-hybridized carbons (Fsp3) is 0.174. The molecule has 3 aromatic carbocycles. The van der Waals surface area contributed by atoms with Crippen molar-refractivity contribution in [2.24, 2.45) is 0 Å². The van der Waals surface area contributed by atoms with Gasteiger partial charge in [0, 0.05) is 12.5 Å². The molecule has 0 bridgehead atoms. The maximum Gasteiger partial charge on any atom is 0.225 e. The lowest BCUT2D eigenvalue weighted by atomic mass is 9.78. The van der Waals surface area contributed by atoms with Gasteiger partial charge < -0.3 is 4.74 Å². The fourth-order valence-electron chi connectivity index (χ4n) is 3.93. The van der Waals surface area contributed by atoms with Crippen LogP contribution in [0, 0.1) is 0 Å². The van der Waals surface area contributed by atoms with Gasteiger partial charge in [-0.3, -0.25) is 9.69 Å². The van der Waals surface area contributed by atoms with Crippen molar-refractivity contribution in [3.05, 3.63) is 102 Å². The highest BCUT2D eigenvalue weighted by Gasteiger charge is 2.46. The zero-order valence-electron chi connectivity index (χ0n) is 14.9. The maximum absolute atomic E-state index is 12.3. The quantitative estimate of drug-likeness (QED) is 0.674. The van der Waals surface area contributed by atoms with Crippen molar-refractivity contribution in [1.82, 2.24) is 0 Å². The van der Waals surface area contributed by atoms with Gasteiger partial charge >= 0.3 is 0 Å². The smallest absolute Gasteiger partial charge is 0.225 e. The Morgan fingerprint density at radius 2 is 1.35 bits per heavy atom. The second kappa shape index (κ2) is 6.43. The number of rotatable bonds is 2. The summed E-state index contributed by atoms with van der Waals surface area (Å²) in [5, 5.41) is 0. The van der Waals surface area contributed by atoms with E-state index in [9.17, 15) is 4.79 Å². The molecule has 0 spiro atoms. The molecule has 0 aliphatic carbocycles. The average Bonchev–Trinajstić information content (AvgIpc) is 2.68. The maximum atomic E-state index is 12.3. The number of anilines is 1. The van der Waals surface area contributed by atoms with Gasteiger partial charge in [0.2, 0.25) is 5.91 Å². The van der Waals surface area contributed by atoms with Crippen LogP contribution in [0.2, 0.25) is 0 Å². The third kappa shape index (κ3) is 2.44. The summed E-state index contributed by atoms with van der Waals surface area (Å²) in [7, 11) is 0. The number of para-hydroxylation sites is 1. The number of amides is 1. The lowest BCUT2D eigenvalue weighted by molar-refractivity contribution is -0.122. The van der Waals surface area contributed by atoms with Crippen LogP contribution in [0.3, 0.4) is 0 Å². The van der Waals surface area contributed by atoms with E-state index in [-0.39, 0.29) is 12.1 Å². The molecule has 26 heavy (non-hydrogen) atoms. The first-order valence-corrected chi connectivity index (χ1v) is 8.83. The second-order valence-electron chi connectivity index (χ2n) is 6.54. The van der Waals surface area contributed by atoms with Crippen LogP contribution in [0.25, 0.3) is 0 Å². The van der Waals surface area contributed by atoms with Gasteiger partial charge in [-0.25, -0.2) is 0 Å². The van der Waals surface area contributed by atoms with E-state index >= 15 is 0 Å². The Balaban J connectivity index is 2.06. The van der Waals surface area contributed by atoms with Crippen LogP contribution >= 0.6 is 0 Å². The summed E-state index contributed by atoms with van der Waals surface area (Å²) >= 11 is 0. The van der Waals surface area contributed by atoms with E-state index < -0.39 is 5.60 Å². The highest BCUT2D eigenvalue weighted by atomic mass is 16.5. The number of fused-ring (bicyclic) bond motifs is 1. The Bertz CT molecular complexity index is 882. The van der Waals surface area contributed by atoms with Gasteiger partial charge in [0.05, 0.1) is 5.69 Å². The monoisotopic (exact) mass is 343 g/mol. The molecule has 0 saturated heterocycles. The van der Waals surface area contributed by atoms with Crippen molar-refractivity contribution in [2.45, 2.75) is 25.7 Å². The summed E-state index contributed by atoms with van der Waals surface area (Å²) in [6.07, 6.45) is -0.386. The molecule has 0 aromatic heterocycles. The summed E-state index contributed by atoms with van der Waals surface area (Å²) < 4.78 is 6.65. The van der Waals surface area contributed by atoms with E-state index in [0.29, 0.717) is 0 Å². The molecule has 0 fully saturated rings. The average molecular weight is 343 g/mol. The third-order valence-corrected chi connectivity index (χ3v) is 4.95. The molecule has 130 valence electrons. The number of carbonyl (C=O) groups is 1. The summed E-state index contributed by atoms with van der Waals surface area (Å²) in [6, 6.07) is 28.4. The van der Waals surface area contributed by atoms with Crippen LogP contribution in [-0.2, 0) is 15.1 Å². The van der Waals surface area contributed by atoms with Gasteiger partial charge in [0.1, 0.15) is 11.8 Å². The van der Waals surface area contributed by atoms with E-state index in [1.807, 2.05) is 61.5 Å². The number of ether oxygens (including phenoxy) is 1. The molecule has 0 radical (unpaired) electrons. The van der Waals surface area contributed by atoms with Crippen LogP contribution in [0.4, 0.5) is 5.69 Å². The molecule has 3 heteroatoms. The van der Waals surface area contributed by atoms with Gasteiger partial charge in [-0.1, -0.05) is 78.9 Å². The molecule has 1 atom stereocenters. The Morgan fingerprint density at radius 1 is 0.846 bits per heavy atom. The number of nitrogens with zero attached hydrogens (tertiary/aromatic N) is 1. The molecule has 4 rings (SSSR count). The van der Waals surface area contributed by atoms with Crippen molar-refractivity contribution in [3.63, 3.8) is 0 Å². The molecule has 3 aromatic rings. The first kappa shape index (κ1) is 16.6. The second-order valence-corrected chi connectivity index (χ2v) is 6.54. The molecule has 0 N–H and O–H groups in total. The van der Waals surface area contributed by atoms with E-state index in [0.717, 1.165) is 22.4 Å². The van der Waals surface area contributed by atoms with Gasteiger partial charge in [-0.15, -0.1) is 0 Å². The Labute approximate surface area is 153 Å². The zero-order valence-corrected chi connectivity index (χ0v) is 14.9. The number of hydrogen-bond acceptors (Lipinski definition) is 2. The number of hydrogen-bond donors (Lipinski definition) is 0. The normalized spacial score (nSPS) is 18.2. The first-order chi connectivity index (χ1) is 12.6. The van der Waals surface area contributed by atoms with Crippen LogP contribution in [-0.4, -0.2) is 12.1 Å². The number of carbonyl (C=O) groups excluding carboxylic acids is 1. The highest BCUT2D eigenvalue weighted by molar-refractivity contribution is 5.93. The van der Waals surface area contributed by atoms with Gasteiger partial charge in [-0.2, -0.15) is 0 Å². The van der Waals surface area contributed by atoms with Crippen molar-refractivity contribution >= 4 is 11.6 Å². The van der Waals surface area contributed by atoms with E-state index in [1.165, 1.54) is 0 Å². The molecule has 3 nitrogen and oxygen atoms in total. The predicted molar refractivity (Wildman–Crippen MR) is 103 cm³/mol. The van der Waals surface area contributed by atoms with Crippen molar-refractivity contribution in [3.8, 4) is 0 Å². The van der Waals surface area contributed by atoms with Crippen LogP contribution in [0.15, 0.2) is 84.9 Å². The summed E-state index contributed by atoms with van der Waals surface area (Å²) in [6.45, 7) is 3.51. The fourth-order valence-corrected chi connectivity index (χ4v) is 3.93. The lowest BCUT2D eigenvalue weighted by Gasteiger charge is -2.47. The SMILES string of the molecule is CC(=O)N1c2ccccc2C(c2ccccc2)(c2ccccc2)OC1C. The van der Waals surface area contributed by atoms with E-state index in [1.54, 1.807) is 11.8 Å². The Kier molecular flexibility index (Phi) is 4.09. The van der Waals surface area contributed by atoms with Gasteiger partial charge in [0.25, 0.3) is 0 Å². The summed E-state index contributed by atoms with van der Waals surface area (Å²) in [5.41, 5.74) is 3.21. The van der Waals surface area contributed by atoms with Crippen LogP contribution in [0.1, 0.15) is 30.5 Å². The summed E-state index contributed by atoms with van der Waals surface area (Å²) in [4.78, 5) is 14.0. The topological polar surface area (TPSA) is 29.5 Å².